The van der Waals surface area contributed by atoms with Crippen LogP contribution in [0.3, 0.4) is 0 Å². The Balaban J connectivity index is 1.91. The topological polar surface area (TPSA) is 49.3 Å². The van der Waals surface area contributed by atoms with Crippen molar-refractivity contribution < 1.29 is 9.90 Å². The molecule has 12 heavy (non-hydrogen) atoms. The second kappa shape index (κ2) is 5.72. The summed E-state index contributed by atoms with van der Waals surface area (Å²) in [6.45, 7) is 0.824. The van der Waals surface area contributed by atoms with Crippen molar-refractivity contribution in [1.82, 2.24) is 5.32 Å². The lowest BCUT2D eigenvalue weighted by Crippen LogP contribution is -2.25. The number of hydrogen-bond acceptors (Lipinski definition) is 4. The molecular formula is C7H13NO2S2. The smallest absolute Gasteiger partial charge is 0.303 e. The molecule has 0 radical (unpaired) electrons. The first-order chi connectivity index (χ1) is 5.79. The normalized spacial score (nSPS) is 22.8. The van der Waals surface area contributed by atoms with Crippen LogP contribution >= 0.6 is 21.6 Å². The molecule has 0 spiro atoms. The van der Waals surface area contributed by atoms with Gasteiger partial charge >= 0.3 is 5.97 Å². The SMILES string of the molecule is O=C(O)CCCN[C@@H]1CCSS1. The zero-order chi connectivity index (χ0) is 8.81. The van der Waals surface area contributed by atoms with E-state index in [1.165, 1.54) is 12.2 Å². The van der Waals surface area contributed by atoms with Gasteiger partial charge in [0.15, 0.2) is 0 Å². The number of aliphatic carboxylic acids is 1. The Kier molecular flexibility index (Phi) is 4.87. The van der Waals surface area contributed by atoms with E-state index in [1.807, 2.05) is 21.6 Å². The molecule has 0 aromatic rings. The molecule has 1 aliphatic rings. The van der Waals surface area contributed by atoms with Gasteiger partial charge in [-0.15, -0.1) is 0 Å². The van der Waals surface area contributed by atoms with Crippen LogP contribution in [0.5, 0.6) is 0 Å². The molecule has 3 nitrogen and oxygen atoms in total. The Morgan fingerprint density at radius 2 is 2.50 bits per heavy atom. The molecular weight excluding hydrogens is 194 g/mol. The van der Waals surface area contributed by atoms with Gasteiger partial charge < -0.3 is 10.4 Å². The lowest BCUT2D eigenvalue weighted by atomic mass is 10.3. The van der Waals surface area contributed by atoms with E-state index in [1.54, 1.807) is 0 Å². The van der Waals surface area contributed by atoms with Gasteiger partial charge in [-0.1, -0.05) is 21.6 Å². The maximum Gasteiger partial charge on any atom is 0.303 e. The predicted molar refractivity (Wildman–Crippen MR) is 53.3 cm³/mol. The summed E-state index contributed by atoms with van der Waals surface area (Å²) < 4.78 is 0. The van der Waals surface area contributed by atoms with Crippen LogP contribution < -0.4 is 5.32 Å². The van der Waals surface area contributed by atoms with Crippen LogP contribution in [0.15, 0.2) is 0 Å². The fraction of sp³-hybridized carbons (Fsp3) is 0.857. The van der Waals surface area contributed by atoms with Crippen molar-refractivity contribution in [3.63, 3.8) is 0 Å². The minimum Gasteiger partial charge on any atom is -0.481 e. The van der Waals surface area contributed by atoms with E-state index < -0.39 is 5.97 Å². The molecule has 5 heteroatoms. The van der Waals surface area contributed by atoms with Gasteiger partial charge in [-0.2, -0.15) is 0 Å². The quantitative estimate of drug-likeness (QED) is 0.529. The zero-order valence-electron chi connectivity index (χ0n) is 6.78. The van der Waals surface area contributed by atoms with Crippen LogP contribution in [-0.4, -0.2) is 28.7 Å². The van der Waals surface area contributed by atoms with Crippen molar-refractivity contribution in [2.75, 3.05) is 12.3 Å². The number of carboxylic acid groups (broad SMARTS) is 1. The van der Waals surface area contributed by atoms with E-state index in [9.17, 15) is 4.79 Å². The van der Waals surface area contributed by atoms with E-state index in [4.69, 9.17) is 5.11 Å². The van der Waals surface area contributed by atoms with E-state index >= 15 is 0 Å². The molecule has 1 fully saturated rings. The van der Waals surface area contributed by atoms with Crippen LogP contribution in [0.4, 0.5) is 0 Å². The maximum atomic E-state index is 10.2. The van der Waals surface area contributed by atoms with Gasteiger partial charge in [-0.25, -0.2) is 0 Å². The van der Waals surface area contributed by atoms with Gasteiger partial charge in [0.2, 0.25) is 0 Å². The summed E-state index contributed by atoms with van der Waals surface area (Å²) in [5.74, 6) is 0.506. The first-order valence-corrected chi connectivity index (χ1v) is 6.40. The highest BCUT2D eigenvalue weighted by Gasteiger charge is 2.14. The second-order valence-corrected chi connectivity index (χ2v) is 5.34. The van der Waals surface area contributed by atoms with Crippen molar-refractivity contribution in [3.05, 3.63) is 0 Å². The Labute approximate surface area is 80.1 Å². The van der Waals surface area contributed by atoms with Crippen LogP contribution in [0, 0.1) is 0 Å². The third-order valence-corrected chi connectivity index (χ3v) is 4.37. The molecule has 0 bridgehead atoms. The first kappa shape index (κ1) is 10.2. The average Bonchev–Trinajstić information content (AvgIpc) is 2.49. The van der Waals surface area contributed by atoms with Crippen LogP contribution in [-0.2, 0) is 4.79 Å². The summed E-state index contributed by atoms with van der Waals surface area (Å²) in [5, 5.41) is 12.2. The summed E-state index contributed by atoms with van der Waals surface area (Å²) in [4.78, 5) is 10.2. The van der Waals surface area contributed by atoms with Gasteiger partial charge in [0.05, 0.1) is 5.37 Å². The Bertz CT molecular complexity index is 148. The van der Waals surface area contributed by atoms with Crippen molar-refractivity contribution in [2.24, 2.45) is 0 Å². The average molecular weight is 207 g/mol. The van der Waals surface area contributed by atoms with E-state index in [0.717, 1.165) is 13.0 Å². The summed E-state index contributed by atoms with van der Waals surface area (Å²) >= 11 is 0. The van der Waals surface area contributed by atoms with Gasteiger partial charge in [0, 0.05) is 12.2 Å². The number of hydrogen-bond donors (Lipinski definition) is 2. The second-order valence-electron chi connectivity index (χ2n) is 2.65. The monoisotopic (exact) mass is 207 g/mol. The molecule has 1 saturated heterocycles. The summed E-state index contributed by atoms with van der Waals surface area (Å²) in [6.07, 6.45) is 2.21. The first-order valence-electron chi connectivity index (χ1n) is 4.02. The number of carbonyl (C=O) groups is 1. The maximum absolute atomic E-state index is 10.2. The van der Waals surface area contributed by atoms with Gasteiger partial charge in [0.1, 0.15) is 0 Å². The molecule has 0 saturated carbocycles. The lowest BCUT2D eigenvalue weighted by molar-refractivity contribution is -0.137. The number of rotatable bonds is 5. The van der Waals surface area contributed by atoms with Crippen molar-refractivity contribution in [1.29, 1.82) is 0 Å². The minimum absolute atomic E-state index is 0.275. The molecule has 1 aliphatic heterocycles. The summed E-state index contributed by atoms with van der Waals surface area (Å²) in [5.41, 5.74) is 0. The summed E-state index contributed by atoms with van der Waals surface area (Å²) in [6, 6.07) is 0. The highest BCUT2D eigenvalue weighted by molar-refractivity contribution is 8.77. The third kappa shape index (κ3) is 4.23. The molecule has 70 valence electrons. The molecule has 0 aromatic heterocycles. The largest absolute Gasteiger partial charge is 0.481 e. The molecule has 0 aliphatic carbocycles. The minimum atomic E-state index is -0.703. The molecule has 0 aromatic carbocycles. The Morgan fingerprint density at radius 3 is 3.08 bits per heavy atom. The highest BCUT2D eigenvalue weighted by Crippen LogP contribution is 2.35. The van der Waals surface area contributed by atoms with E-state index in [0.29, 0.717) is 5.37 Å². The van der Waals surface area contributed by atoms with Crippen LogP contribution in [0.1, 0.15) is 19.3 Å². The summed E-state index contributed by atoms with van der Waals surface area (Å²) in [7, 11) is 3.74. The fourth-order valence-electron chi connectivity index (χ4n) is 0.972. The molecule has 1 atom stereocenters. The fourth-order valence-corrected chi connectivity index (χ4v) is 3.68. The Hall–Kier alpha value is 0.130. The number of carboxylic acids is 1. The molecule has 2 N–H and O–H groups in total. The van der Waals surface area contributed by atoms with Gasteiger partial charge in [-0.3, -0.25) is 4.79 Å². The highest BCUT2D eigenvalue weighted by atomic mass is 33.1. The molecule has 1 heterocycles. The van der Waals surface area contributed by atoms with E-state index in [-0.39, 0.29) is 6.42 Å². The van der Waals surface area contributed by atoms with Crippen LogP contribution in [0.25, 0.3) is 0 Å². The standard InChI is InChI=1S/C7H13NO2S2/c9-7(10)2-1-4-8-6-3-5-11-12-6/h6,8H,1-5H2,(H,9,10)/t6-/m0/s1. The van der Waals surface area contributed by atoms with Gasteiger partial charge in [-0.05, 0) is 19.4 Å². The number of nitrogens with one attached hydrogen (secondary N) is 1. The van der Waals surface area contributed by atoms with Crippen molar-refractivity contribution in [3.8, 4) is 0 Å². The molecule has 0 amide bonds. The Morgan fingerprint density at radius 1 is 1.67 bits per heavy atom. The third-order valence-electron chi connectivity index (χ3n) is 1.59. The molecule has 1 rings (SSSR count). The van der Waals surface area contributed by atoms with Gasteiger partial charge in [0.25, 0.3) is 0 Å². The predicted octanol–water partition coefficient (Wildman–Crippen LogP) is 1.55. The molecule has 0 unspecified atom stereocenters. The van der Waals surface area contributed by atoms with E-state index in [2.05, 4.69) is 5.32 Å². The van der Waals surface area contributed by atoms with Crippen molar-refractivity contribution >= 4 is 27.6 Å². The van der Waals surface area contributed by atoms with Crippen molar-refractivity contribution in [2.45, 2.75) is 24.6 Å². The lowest BCUT2D eigenvalue weighted by Gasteiger charge is -2.08. The zero-order valence-corrected chi connectivity index (χ0v) is 8.42. The van der Waals surface area contributed by atoms with Crippen LogP contribution in [0.2, 0.25) is 0 Å².